The molecule has 2 N–H and O–H groups in total. The van der Waals surface area contributed by atoms with Crippen molar-refractivity contribution in [2.24, 2.45) is 0 Å². The quantitative estimate of drug-likeness (QED) is 0.167. The molecule has 1 aliphatic heterocycles. The second-order valence-electron chi connectivity index (χ2n) is 11.9. The van der Waals surface area contributed by atoms with Gasteiger partial charge in [0.05, 0.1) is 16.7 Å². The minimum atomic E-state index is -5.45. The Labute approximate surface area is 295 Å². The fraction of sp³-hybridized carbons (Fsp3) is 0.294. The number of nitrogens with zero attached hydrogens (tertiary/aromatic N) is 2. The Morgan fingerprint density at radius 1 is 0.865 bits per heavy atom. The highest BCUT2D eigenvalue weighted by Gasteiger charge is 2.40. The molecule has 0 bridgehead atoms. The predicted octanol–water partition coefficient (Wildman–Crippen LogP) is 8.28. The monoisotopic (exact) mass is 811 g/mol. The van der Waals surface area contributed by atoms with Crippen LogP contribution in [0.2, 0.25) is 0 Å². The number of phenols is 1. The lowest BCUT2D eigenvalue weighted by atomic mass is 9.94. The molecule has 1 amide bonds. The van der Waals surface area contributed by atoms with Crippen LogP contribution < -0.4 is 10.9 Å². The number of amides is 1. The molecule has 1 aromatic heterocycles. The SMILES string of the molecule is O=C(NCc1cc(-c2c(O)cccc2C(F)(F)F)cc(C(F)(F)F)c1F)C(c1cccc(Br)c1)n1cc(CCN2CC(F)C2)c(C(F)(F)F)cc1=O. The minimum absolute atomic E-state index is 0.00284. The van der Waals surface area contributed by atoms with E-state index in [2.05, 4.69) is 21.2 Å². The number of pyridine rings is 1. The molecule has 1 saturated heterocycles. The Kier molecular flexibility index (Phi) is 10.8. The van der Waals surface area contributed by atoms with E-state index in [9.17, 15) is 58.6 Å². The number of benzene rings is 3. The van der Waals surface area contributed by atoms with Gasteiger partial charge >= 0.3 is 18.5 Å². The molecular formula is C34H25BrF11N3O3. The Hall–Kier alpha value is -4.45. The minimum Gasteiger partial charge on any atom is -0.507 e. The highest BCUT2D eigenvalue weighted by Crippen LogP contribution is 2.44. The molecule has 0 radical (unpaired) electrons. The van der Waals surface area contributed by atoms with E-state index in [1.165, 1.54) is 29.2 Å². The summed E-state index contributed by atoms with van der Waals surface area (Å²) >= 11 is 3.19. The number of halogens is 12. The number of hydrogen-bond donors (Lipinski definition) is 2. The van der Waals surface area contributed by atoms with Crippen LogP contribution in [0.5, 0.6) is 5.75 Å². The highest BCUT2D eigenvalue weighted by atomic mass is 79.9. The molecule has 1 fully saturated rings. The molecule has 6 nitrogen and oxygen atoms in total. The van der Waals surface area contributed by atoms with Crippen molar-refractivity contribution >= 4 is 21.8 Å². The molecular weight excluding hydrogens is 787 g/mol. The van der Waals surface area contributed by atoms with Crippen molar-refractivity contribution < 1.29 is 58.2 Å². The third-order valence-corrected chi connectivity index (χ3v) is 8.81. The molecule has 18 heteroatoms. The van der Waals surface area contributed by atoms with Gasteiger partial charge in [0.25, 0.3) is 5.56 Å². The smallest absolute Gasteiger partial charge is 0.419 e. The summed E-state index contributed by atoms with van der Waals surface area (Å²) in [5.74, 6) is -4.25. The van der Waals surface area contributed by atoms with Crippen LogP contribution in [0.1, 0.15) is 39.4 Å². The van der Waals surface area contributed by atoms with E-state index >= 15 is 4.39 Å². The van der Waals surface area contributed by atoms with Crippen LogP contribution in [0, 0.1) is 5.82 Å². The van der Waals surface area contributed by atoms with Crippen LogP contribution in [-0.2, 0) is 36.3 Å². The maximum absolute atomic E-state index is 15.4. The second-order valence-corrected chi connectivity index (χ2v) is 12.8. The molecule has 5 rings (SSSR count). The number of hydrogen-bond acceptors (Lipinski definition) is 4. The van der Waals surface area contributed by atoms with Crippen LogP contribution in [0.4, 0.5) is 48.3 Å². The van der Waals surface area contributed by atoms with Gasteiger partial charge in [0.15, 0.2) is 0 Å². The molecule has 1 atom stereocenters. The number of alkyl halides is 10. The molecule has 3 aromatic carbocycles. The normalized spacial score (nSPS) is 15.0. The summed E-state index contributed by atoms with van der Waals surface area (Å²) in [7, 11) is 0. The van der Waals surface area contributed by atoms with Gasteiger partial charge in [-0.25, -0.2) is 8.78 Å². The first-order valence-electron chi connectivity index (χ1n) is 15.2. The number of likely N-dealkylation sites (tertiary alicyclic amines) is 1. The number of aromatic nitrogens is 1. The van der Waals surface area contributed by atoms with Gasteiger partial charge in [-0.2, -0.15) is 39.5 Å². The van der Waals surface area contributed by atoms with Crippen molar-refractivity contribution in [2.45, 2.75) is 43.7 Å². The molecule has 0 spiro atoms. The van der Waals surface area contributed by atoms with Gasteiger partial charge in [-0.05, 0) is 59.5 Å². The van der Waals surface area contributed by atoms with Gasteiger partial charge in [0.1, 0.15) is 23.8 Å². The molecule has 1 unspecified atom stereocenters. The lowest BCUT2D eigenvalue weighted by Crippen LogP contribution is -2.49. The number of nitrogens with one attached hydrogen (secondary N) is 1. The van der Waals surface area contributed by atoms with Crippen LogP contribution >= 0.6 is 15.9 Å². The zero-order valence-corrected chi connectivity index (χ0v) is 27.8. The Bertz CT molecular complexity index is 2040. The summed E-state index contributed by atoms with van der Waals surface area (Å²) in [4.78, 5) is 28.6. The number of carbonyl (C=O) groups excluding carboxylic acids is 1. The Morgan fingerprint density at radius 3 is 2.10 bits per heavy atom. The van der Waals surface area contributed by atoms with Crippen molar-refractivity contribution in [2.75, 3.05) is 19.6 Å². The van der Waals surface area contributed by atoms with Gasteiger partial charge in [-0.15, -0.1) is 0 Å². The van der Waals surface area contributed by atoms with Crippen LogP contribution in [0.15, 0.2) is 76.1 Å². The summed E-state index contributed by atoms with van der Waals surface area (Å²) < 4.78 is 155. The van der Waals surface area contributed by atoms with E-state index in [-0.39, 0.29) is 43.8 Å². The molecule has 0 saturated carbocycles. The predicted molar refractivity (Wildman–Crippen MR) is 168 cm³/mol. The summed E-state index contributed by atoms with van der Waals surface area (Å²) in [5, 5.41) is 12.4. The zero-order valence-electron chi connectivity index (χ0n) is 26.2. The van der Waals surface area contributed by atoms with Crippen molar-refractivity contribution in [3.63, 3.8) is 0 Å². The van der Waals surface area contributed by atoms with E-state index in [0.29, 0.717) is 21.2 Å². The maximum atomic E-state index is 15.4. The third kappa shape index (κ3) is 8.43. The van der Waals surface area contributed by atoms with Crippen LogP contribution in [0.3, 0.4) is 0 Å². The van der Waals surface area contributed by atoms with Gasteiger partial charge in [0, 0.05) is 54.0 Å². The van der Waals surface area contributed by atoms with Crippen molar-refractivity contribution in [3.8, 4) is 16.9 Å². The molecule has 4 aromatic rings. The van der Waals surface area contributed by atoms with Gasteiger partial charge in [-0.3, -0.25) is 19.1 Å². The lowest BCUT2D eigenvalue weighted by molar-refractivity contribution is -0.140. The lowest BCUT2D eigenvalue weighted by Gasteiger charge is -2.34. The van der Waals surface area contributed by atoms with Crippen molar-refractivity contribution in [1.29, 1.82) is 0 Å². The summed E-state index contributed by atoms with van der Waals surface area (Å²) in [5.41, 5.74) is -9.55. The average molecular weight is 812 g/mol. The topological polar surface area (TPSA) is 74.6 Å². The second kappa shape index (κ2) is 14.5. The zero-order chi connectivity index (χ0) is 38.3. The van der Waals surface area contributed by atoms with Crippen molar-refractivity contribution in [1.82, 2.24) is 14.8 Å². The fourth-order valence-corrected chi connectivity index (χ4v) is 6.28. The number of rotatable bonds is 9. The standard InChI is InChI=1S/C34H25BrF11N3O3/c35-21-4-1-3-17(10-21)30(49-14-18(7-8-48-15-22(36)16-48)24(12-27(49)51)33(41,42)43)31(52)47-13-20-9-19(11-25(29(20)37)34(44,45)46)28-23(32(38,39)40)5-2-6-26(28)50/h1-6,9-12,14,22,30,50H,7-8,13,15-16H2,(H,47,52). The first-order valence-corrected chi connectivity index (χ1v) is 16.0. The van der Waals surface area contributed by atoms with Gasteiger partial charge in [0.2, 0.25) is 5.91 Å². The van der Waals surface area contributed by atoms with Crippen molar-refractivity contribution in [3.05, 3.63) is 121 Å². The molecule has 278 valence electrons. The van der Waals surface area contributed by atoms with E-state index < -0.39 is 99.3 Å². The van der Waals surface area contributed by atoms with E-state index in [4.69, 9.17) is 0 Å². The maximum Gasteiger partial charge on any atom is 0.419 e. The van der Waals surface area contributed by atoms with Gasteiger partial charge < -0.3 is 10.4 Å². The molecule has 1 aliphatic rings. The molecule has 52 heavy (non-hydrogen) atoms. The van der Waals surface area contributed by atoms with E-state index in [1.54, 1.807) is 0 Å². The third-order valence-electron chi connectivity index (χ3n) is 8.31. The largest absolute Gasteiger partial charge is 0.507 e. The van der Waals surface area contributed by atoms with E-state index in [0.717, 1.165) is 18.3 Å². The number of carbonyl (C=O) groups is 1. The average Bonchev–Trinajstić information content (AvgIpc) is 3.01. The van der Waals surface area contributed by atoms with Crippen LogP contribution in [-0.4, -0.2) is 46.3 Å². The first-order chi connectivity index (χ1) is 24.1. The molecule has 0 aliphatic carbocycles. The van der Waals surface area contributed by atoms with E-state index in [1.807, 2.05) is 0 Å². The fourth-order valence-electron chi connectivity index (χ4n) is 5.86. The summed E-state index contributed by atoms with van der Waals surface area (Å²) in [6.45, 7) is -1.17. The highest BCUT2D eigenvalue weighted by molar-refractivity contribution is 9.10. The molecule has 2 heterocycles. The summed E-state index contributed by atoms with van der Waals surface area (Å²) in [6.07, 6.45) is -16.3. The number of aromatic hydroxyl groups is 1. The van der Waals surface area contributed by atoms with Crippen LogP contribution in [0.25, 0.3) is 11.1 Å². The summed E-state index contributed by atoms with van der Waals surface area (Å²) in [6, 6.07) is 6.77. The number of phenolic OH excluding ortho intramolecular Hbond substituents is 1. The Morgan fingerprint density at radius 2 is 1.50 bits per heavy atom. The first kappa shape index (κ1) is 38.8. The van der Waals surface area contributed by atoms with Gasteiger partial charge in [-0.1, -0.05) is 34.1 Å². The Balaban J connectivity index is 1.58.